The van der Waals surface area contributed by atoms with Crippen molar-refractivity contribution < 1.29 is 18.7 Å². The molecule has 2 unspecified atom stereocenters. The van der Waals surface area contributed by atoms with Crippen LogP contribution < -0.4 is 5.32 Å². The van der Waals surface area contributed by atoms with Crippen molar-refractivity contribution in [3.63, 3.8) is 0 Å². The highest BCUT2D eigenvalue weighted by Crippen LogP contribution is 2.28. The molecule has 0 radical (unpaired) electrons. The van der Waals surface area contributed by atoms with E-state index in [1.165, 1.54) is 12.1 Å². The van der Waals surface area contributed by atoms with Crippen LogP contribution in [0.15, 0.2) is 12.1 Å². The summed E-state index contributed by atoms with van der Waals surface area (Å²) in [6.07, 6.45) is -0.142. The number of ether oxygens (including phenoxy) is 2. The Balaban J connectivity index is 1.97. The average Bonchev–Trinajstić information content (AvgIpc) is 2.56. The van der Waals surface area contributed by atoms with Gasteiger partial charge in [-0.25, -0.2) is 9.18 Å². The van der Waals surface area contributed by atoms with Crippen LogP contribution >= 0.6 is 23.2 Å². The lowest BCUT2D eigenvalue weighted by molar-refractivity contribution is -0.0568. The number of hydrogen-bond donors (Lipinski definition) is 1. The van der Waals surface area contributed by atoms with Crippen LogP contribution in [0, 0.1) is 5.82 Å². The van der Waals surface area contributed by atoms with Gasteiger partial charge in [0.2, 0.25) is 0 Å². The molecule has 0 aromatic heterocycles. The lowest BCUT2D eigenvalue weighted by atomic mass is 10.1. The zero-order chi connectivity index (χ0) is 17.7. The van der Waals surface area contributed by atoms with Gasteiger partial charge in [-0.2, -0.15) is 0 Å². The van der Waals surface area contributed by atoms with Gasteiger partial charge in [0.15, 0.2) is 0 Å². The summed E-state index contributed by atoms with van der Waals surface area (Å²) in [4.78, 5) is 14.1. The minimum absolute atomic E-state index is 0.0470. The fourth-order valence-corrected chi connectivity index (χ4v) is 3.02. The Morgan fingerprint density at radius 2 is 2.25 bits per heavy atom. The standard InChI is InChI=1S/C16H21Cl2FN2O3/c1-3-23-9-11-8-21(4-5-24-11)16(22)20-10(2)12-6-15(19)14(18)7-13(12)17/h6-7,10-11H,3-5,8-9H2,1-2H3,(H,20,22). The molecule has 1 saturated heterocycles. The zero-order valence-electron chi connectivity index (χ0n) is 13.7. The third kappa shape index (κ3) is 4.96. The first kappa shape index (κ1) is 19.2. The fraction of sp³-hybridized carbons (Fsp3) is 0.562. The minimum atomic E-state index is -0.569. The number of benzene rings is 1. The molecule has 1 aromatic carbocycles. The molecule has 24 heavy (non-hydrogen) atoms. The van der Waals surface area contributed by atoms with Gasteiger partial charge in [0.1, 0.15) is 5.82 Å². The molecule has 1 aliphatic rings. The molecule has 0 bridgehead atoms. The van der Waals surface area contributed by atoms with Crippen molar-refractivity contribution in [3.05, 3.63) is 33.6 Å². The number of rotatable bonds is 5. The van der Waals surface area contributed by atoms with E-state index in [1.54, 1.807) is 11.8 Å². The molecular weight excluding hydrogens is 358 g/mol. The summed E-state index contributed by atoms with van der Waals surface area (Å²) in [6.45, 7) is 6.09. The van der Waals surface area contributed by atoms with E-state index in [1.807, 2.05) is 6.92 Å². The van der Waals surface area contributed by atoms with Crippen LogP contribution in [-0.4, -0.2) is 49.9 Å². The number of morpholine rings is 1. The maximum absolute atomic E-state index is 13.6. The number of urea groups is 1. The molecule has 1 fully saturated rings. The van der Waals surface area contributed by atoms with Crippen LogP contribution in [0.3, 0.4) is 0 Å². The Hall–Kier alpha value is -1.08. The van der Waals surface area contributed by atoms with Crippen LogP contribution in [-0.2, 0) is 9.47 Å². The molecular formula is C16H21Cl2FN2O3. The molecule has 134 valence electrons. The topological polar surface area (TPSA) is 50.8 Å². The summed E-state index contributed by atoms with van der Waals surface area (Å²) in [6, 6.07) is 1.87. The molecule has 2 rings (SSSR count). The molecule has 8 heteroatoms. The number of nitrogens with zero attached hydrogens (tertiary/aromatic N) is 1. The van der Waals surface area contributed by atoms with Gasteiger partial charge in [-0.05, 0) is 31.5 Å². The van der Waals surface area contributed by atoms with Crippen molar-refractivity contribution in [2.75, 3.05) is 32.9 Å². The van der Waals surface area contributed by atoms with Crippen molar-refractivity contribution in [1.29, 1.82) is 0 Å². The first-order chi connectivity index (χ1) is 11.4. The third-order valence-electron chi connectivity index (χ3n) is 3.78. The fourth-order valence-electron chi connectivity index (χ4n) is 2.48. The van der Waals surface area contributed by atoms with Crippen LogP contribution in [0.4, 0.5) is 9.18 Å². The van der Waals surface area contributed by atoms with E-state index >= 15 is 0 Å². The molecule has 2 atom stereocenters. The number of carbonyl (C=O) groups excluding carboxylic acids is 1. The van der Waals surface area contributed by atoms with Gasteiger partial charge in [-0.15, -0.1) is 0 Å². The molecule has 2 amide bonds. The summed E-state index contributed by atoms with van der Waals surface area (Å²) in [7, 11) is 0. The summed E-state index contributed by atoms with van der Waals surface area (Å²) in [5.41, 5.74) is 0.478. The molecule has 0 saturated carbocycles. The van der Waals surface area contributed by atoms with E-state index in [-0.39, 0.29) is 17.2 Å². The van der Waals surface area contributed by atoms with E-state index in [4.69, 9.17) is 32.7 Å². The van der Waals surface area contributed by atoms with Crippen molar-refractivity contribution in [2.45, 2.75) is 26.0 Å². The number of halogens is 3. The van der Waals surface area contributed by atoms with Gasteiger partial charge >= 0.3 is 6.03 Å². The van der Waals surface area contributed by atoms with Crippen LogP contribution in [0.25, 0.3) is 0 Å². The SMILES string of the molecule is CCOCC1CN(C(=O)NC(C)c2cc(F)c(Cl)cc2Cl)CCO1. The second-order valence-corrected chi connectivity index (χ2v) is 6.37. The van der Waals surface area contributed by atoms with Gasteiger partial charge < -0.3 is 19.7 Å². The molecule has 1 aliphatic heterocycles. The Kier molecular flexibility index (Phi) is 7.10. The van der Waals surface area contributed by atoms with E-state index in [0.29, 0.717) is 43.5 Å². The lowest BCUT2D eigenvalue weighted by Gasteiger charge is -2.33. The Labute approximate surface area is 151 Å². The summed E-state index contributed by atoms with van der Waals surface area (Å²) < 4.78 is 24.5. The minimum Gasteiger partial charge on any atom is -0.379 e. The quantitative estimate of drug-likeness (QED) is 0.795. The van der Waals surface area contributed by atoms with E-state index in [2.05, 4.69) is 5.32 Å². The molecule has 1 heterocycles. The summed E-state index contributed by atoms with van der Waals surface area (Å²) >= 11 is 11.8. The van der Waals surface area contributed by atoms with E-state index < -0.39 is 11.9 Å². The summed E-state index contributed by atoms with van der Waals surface area (Å²) in [5, 5.41) is 3.09. The number of carbonyl (C=O) groups is 1. The monoisotopic (exact) mass is 378 g/mol. The van der Waals surface area contributed by atoms with Gasteiger partial charge in [-0.1, -0.05) is 23.2 Å². The van der Waals surface area contributed by atoms with Crippen LogP contribution in [0.1, 0.15) is 25.5 Å². The van der Waals surface area contributed by atoms with Crippen LogP contribution in [0.5, 0.6) is 0 Å². The van der Waals surface area contributed by atoms with Gasteiger partial charge in [0.05, 0.1) is 36.9 Å². The van der Waals surface area contributed by atoms with Gasteiger partial charge in [-0.3, -0.25) is 0 Å². The van der Waals surface area contributed by atoms with Crippen molar-refractivity contribution in [1.82, 2.24) is 10.2 Å². The van der Waals surface area contributed by atoms with Crippen molar-refractivity contribution in [3.8, 4) is 0 Å². The van der Waals surface area contributed by atoms with Gasteiger partial charge in [0.25, 0.3) is 0 Å². The van der Waals surface area contributed by atoms with Crippen molar-refractivity contribution in [2.24, 2.45) is 0 Å². The van der Waals surface area contributed by atoms with Gasteiger partial charge in [0, 0.05) is 18.2 Å². The Morgan fingerprint density at radius 3 is 2.96 bits per heavy atom. The molecule has 0 spiro atoms. The summed E-state index contributed by atoms with van der Waals surface area (Å²) in [5.74, 6) is -0.569. The Morgan fingerprint density at radius 1 is 1.50 bits per heavy atom. The van der Waals surface area contributed by atoms with E-state index in [9.17, 15) is 9.18 Å². The predicted molar refractivity (Wildman–Crippen MR) is 91.2 cm³/mol. The third-order valence-corrected chi connectivity index (χ3v) is 4.40. The first-order valence-electron chi connectivity index (χ1n) is 7.81. The van der Waals surface area contributed by atoms with E-state index in [0.717, 1.165) is 0 Å². The smallest absolute Gasteiger partial charge is 0.318 e. The molecule has 1 N–H and O–H groups in total. The highest BCUT2D eigenvalue weighted by Gasteiger charge is 2.26. The molecule has 5 nitrogen and oxygen atoms in total. The highest BCUT2D eigenvalue weighted by molar-refractivity contribution is 6.35. The number of hydrogen-bond acceptors (Lipinski definition) is 3. The largest absolute Gasteiger partial charge is 0.379 e. The lowest BCUT2D eigenvalue weighted by Crippen LogP contribution is -2.51. The second-order valence-electron chi connectivity index (χ2n) is 5.56. The highest BCUT2D eigenvalue weighted by atomic mass is 35.5. The molecule has 1 aromatic rings. The average molecular weight is 379 g/mol. The molecule has 0 aliphatic carbocycles. The maximum atomic E-state index is 13.6. The maximum Gasteiger partial charge on any atom is 0.318 e. The normalized spacial score (nSPS) is 19.2. The zero-order valence-corrected chi connectivity index (χ0v) is 15.2. The number of nitrogens with one attached hydrogen (secondary N) is 1. The number of amides is 2. The van der Waals surface area contributed by atoms with Crippen molar-refractivity contribution >= 4 is 29.2 Å². The van der Waals surface area contributed by atoms with Crippen LogP contribution in [0.2, 0.25) is 10.0 Å². The first-order valence-corrected chi connectivity index (χ1v) is 8.57. The Bertz CT molecular complexity index is 589. The second kappa shape index (κ2) is 8.85. The predicted octanol–water partition coefficient (Wildman–Crippen LogP) is 3.64.